The van der Waals surface area contributed by atoms with Crippen LogP contribution in [0.25, 0.3) is 0 Å². The number of ether oxygens (including phenoxy) is 1. The number of carbonyl (C=O) groups is 1. The van der Waals surface area contributed by atoms with Crippen molar-refractivity contribution < 1.29 is 9.53 Å². The smallest absolute Gasteiger partial charge is 0.257 e. The molecule has 0 N–H and O–H groups in total. The number of hydrogen-bond donors (Lipinski definition) is 0. The van der Waals surface area contributed by atoms with Crippen LogP contribution in [0.2, 0.25) is 0 Å². The summed E-state index contributed by atoms with van der Waals surface area (Å²) in [7, 11) is 0. The Kier molecular flexibility index (Phi) is 3.12. The van der Waals surface area contributed by atoms with Crippen LogP contribution in [0.5, 0.6) is 11.6 Å². The summed E-state index contributed by atoms with van der Waals surface area (Å²) in [6.45, 7) is 0. The molecular formula is C11H7ClN2O2. The summed E-state index contributed by atoms with van der Waals surface area (Å²) < 4.78 is 5.39. The second-order valence-corrected chi connectivity index (χ2v) is 3.26. The molecule has 0 saturated carbocycles. The van der Waals surface area contributed by atoms with Crippen molar-refractivity contribution in [1.29, 1.82) is 0 Å². The molecule has 2 rings (SSSR count). The minimum absolute atomic E-state index is 0.176. The van der Waals surface area contributed by atoms with Crippen LogP contribution in [0, 0.1) is 0 Å². The standard InChI is InChI=1S/C11H7ClN2O2/c12-10(15)9-4-2-6-14-11(9)16-8-3-1-5-13-7-8/h1-7H. The van der Waals surface area contributed by atoms with Crippen LogP contribution >= 0.6 is 11.6 Å². The minimum atomic E-state index is -0.605. The van der Waals surface area contributed by atoms with E-state index in [1.54, 1.807) is 30.5 Å². The van der Waals surface area contributed by atoms with E-state index < -0.39 is 5.24 Å². The van der Waals surface area contributed by atoms with Crippen molar-refractivity contribution in [3.05, 3.63) is 48.4 Å². The molecule has 0 aliphatic carbocycles. The van der Waals surface area contributed by atoms with Gasteiger partial charge in [-0.15, -0.1) is 0 Å². The number of pyridine rings is 2. The van der Waals surface area contributed by atoms with E-state index in [0.29, 0.717) is 5.75 Å². The van der Waals surface area contributed by atoms with Crippen molar-refractivity contribution in [3.63, 3.8) is 0 Å². The number of nitrogens with zero attached hydrogens (tertiary/aromatic N) is 2. The molecule has 0 amide bonds. The summed E-state index contributed by atoms with van der Waals surface area (Å²) in [6.07, 6.45) is 4.67. The zero-order chi connectivity index (χ0) is 11.4. The average Bonchev–Trinajstić information content (AvgIpc) is 2.31. The van der Waals surface area contributed by atoms with Crippen LogP contribution in [-0.4, -0.2) is 15.2 Å². The van der Waals surface area contributed by atoms with Gasteiger partial charge < -0.3 is 4.74 Å². The first kappa shape index (κ1) is 10.6. The maximum atomic E-state index is 11.1. The lowest BCUT2D eigenvalue weighted by molar-refractivity contribution is 0.107. The molecule has 4 nitrogen and oxygen atoms in total. The van der Waals surface area contributed by atoms with Gasteiger partial charge in [-0.05, 0) is 35.9 Å². The van der Waals surface area contributed by atoms with Gasteiger partial charge in [-0.2, -0.15) is 0 Å². The van der Waals surface area contributed by atoms with Gasteiger partial charge in [0.05, 0.1) is 11.8 Å². The molecule has 0 aromatic carbocycles. The zero-order valence-electron chi connectivity index (χ0n) is 8.13. The highest BCUT2D eigenvalue weighted by Gasteiger charge is 2.11. The number of halogens is 1. The van der Waals surface area contributed by atoms with Crippen molar-refractivity contribution in [2.24, 2.45) is 0 Å². The molecule has 80 valence electrons. The van der Waals surface area contributed by atoms with Gasteiger partial charge in [0.2, 0.25) is 5.88 Å². The van der Waals surface area contributed by atoms with Crippen molar-refractivity contribution in [2.45, 2.75) is 0 Å². The highest BCUT2D eigenvalue weighted by Crippen LogP contribution is 2.22. The summed E-state index contributed by atoms with van der Waals surface area (Å²) in [6, 6.07) is 6.60. The fourth-order valence-corrected chi connectivity index (χ4v) is 1.28. The first-order valence-corrected chi connectivity index (χ1v) is 4.88. The average molecular weight is 235 g/mol. The van der Waals surface area contributed by atoms with Gasteiger partial charge in [0.15, 0.2) is 0 Å². The van der Waals surface area contributed by atoms with E-state index in [2.05, 4.69) is 9.97 Å². The summed E-state index contributed by atoms with van der Waals surface area (Å²) in [5, 5.41) is -0.605. The normalized spacial score (nSPS) is 9.81. The van der Waals surface area contributed by atoms with E-state index in [1.165, 1.54) is 12.4 Å². The Balaban J connectivity index is 2.31. The quantitative estimate of drug-likeness (QED) is 0.766. The van der Waals surface area contributed by atoms with Crippen LogP contribution in [0.3, 0.4) is 0 Å². The van der Waals surface area contributed by atoms with E-state index in [-0.39, 0.29) is 11.4 Å². The second-order valence-electron chi connectivity index (χ2n) is 2.92. The number of rotatable bonds is 3. The molecule has 0 unspecified atom stereocenters. The van der Waals surface area contributed by atoms with Crippen molar-refractivity contribution in [2.75, 3.05) is 0 Å². The summed E-state index contributed by atoms with van der Waals surface area (Å²) in [4.78, 5) is 18.9. The van der Waals surface area contributed by atoms with Crippen LogP contribution < -0.4 is 4.74 Å². The first-order chi connectivity index (χ1) is 7.77. The molecule has 2 aromatic rings. The maximum Gasteiger partial charge on any atom is 0.257 e. The van der Waals surface area contributed by atoms with Gasteiger partial charge in [0.25, 0.3) is 5.24 Å². The third kappa shape index (κ3) is 2.35. The zero-order valence-corrected chi connectivity index (χ0v) is 8.89. The molecule has 0 aliphatic heterocycles. The third-order valence-electron chi connectivity index (χ3n) is 1.83. The summed E-state index contributed by atoms with van der Waals surface area (Å²) in [5.41, 5.74) is 0.230. The first-order valence-electron chi connectivity index (χ1n) is 4.50. The molecule has 0 aliphatic rings. The Hall–Kier alpha value is -1.94. The molecule has 0 fully saturated rings. The van der Waals surface area contributed by atoms with Crippen LogP contribution in [0.15, 0.2) is 42.9 Å². The Morgan fingerprint density at radius 2 is 2.06 bits per heavy atom. The molecule has 2 aromatic heterocycles. The van der Waals surface area contributed by atoms with Gasteiger partial charge in [-0.25, -0.2) is 4.98 Å². The topological polar surface area (TPSA) is 52.1 Å². The molecule has 0 bridgehead atoms. The lowest BCUT2D eigenvalue weighted by atomic mass is 10.3. The monoisotopic (exact) mass is 234 g/mol. The van der Waals surface area contributed by atoms with Crippen LogP contribution in [-0.2, 0) is 0 Å². The Bertz CT molecular complexity index is 502. The van der Waals surface area contributed by atoms with E-state index in [9.17, 15) is 4.79 Å². The van der Waals surface area contributed by atoms with Gasteiger partial charge in [-0.3, -0.25) is 9.78 Å². The molecule has 0 radical (unpaired) electrons. The predicted molar refractivity (Wildman–Crippen MR) is 58.7 cm³/mol. The number of carbonyl (C=O) groups excluding carboxylic acids is 1. The van der Waals surface area contributed by atoms with Gasteiger partial charge in [0, 0.05) is 12.4 Å². The lowest BCUT2D eigenvalue weighted by Gasteiger charge is -2.05. The highest BCUT2D eigenvalue weighted by molar-refractivity contribution is 6.68. The maximum absolute atomic E-state index is 11.1. The SMILES string of the molecule is O=C(Cl)c1cccnc1Oc1cccnc1. The molecule has 0 atom stereocenters. The molecule has 0 spiro atoms. The lowest BCUT2D eigenvalue weighted by Crippen LogP contribution is -1.97. The number of hydrogen-bond acceptors (Lipinski definition) is 4. The largest absolute Gasteiger partial charge is 0.437 e. The highest BCUT2D eigenvalue weighted by atomic mass is 35.5. The van der Waals surface area contributed by atoms with Crippen molar-refractivity contribution >= 4 is 16.8 Å². The van der Waals surface area contributed by atoms with Gasteiger partial charge in [0.1, 0.15) is 5.75 Å². The molecule has 2 heterocycles. The fourth-order valence-electron chi connectivity index (χ4n) is 1.14. The summed E-state index contributed by atoms with van der Waals surface area (Å²) >= 11 is 5.40. The van der Waals surface area contributed by atoms with E-state index in [4.69, 9.17) is 16.3 Å². The molecule has 0 saturated heterocycles. The third-order valence-corrected chi connectivity index (χ3v) is 2.04. The van der Waals surface area contributed by atoms with E-state index >= 15 is 0 Å². The van der Waals surface area contributed by atoms with E-state index in [0.717, 1.165) is 0 Å². The Morgan fingerprint density at radius 1 is 1.25 bits per heavy atom. The van der Waals surface area contributed by atoms with E-state index in [1.807, 2.05) is 0 Å². The van der Waals surface area contributed by atoms with Crippen LogP contribution in [0.1, 0.15) is 10.4 Å². The summed E-state index contributed by atoms with van der Waals surface area (Å²) in [5.74, 6) is 0.677. The minimum Gasteiger partial charge on any atom is -0.437 e. The predicted octanol–water partition coefficient (Wildman–Crippen LogP) is 2.65. The molecule has 16 heavy (non-hydrogen) atoms. The number of aromatic nitrogens is 2. The van der Waals surface area contributed by atoms with Gasteiger partial charge >= 0.3 is 0 Å². The molecular weight excluding hydrogens is 228 g/mol. The molecule has 5 heteroatoms. The Morgan fingerprint density at radius 3 is 2.75 bits per heavy atom. The fraction of sp³-hybridized carbons (Fsp3) is 0. The van der Waals surface area contributed by atoms with Crippen molar-refractivity contribution in [3.8, 4) is 11.6 Å². The van der Waals surface area contributed by atoms with Crippen molar-refractivity contribution in [1.82, 2.24) is 9.97 Å². The Labute approximate surface area is 96.9 Å². The van der Waals surface area contributed by atoms with Crippen LogP contribution in [0.4, 0.5) is 0 Å². The van der Waals surface area contributed by atoms with Gasteiger partial charge in [-0.1, -0.05) is 0 Å². The second kappa shape index (κ2) is 4.72.